The van der Waals surface area contributed by atoms with Gasteiger partial charge in [-0.25, -0.2) is 9.78 Å². The molecular formula is C24H30N4O4. The van der Waals surface area contributed by atoms with Crippen LogP contribution in [-0.4, -0.2) is 48.5 Å². The van der Waals surface area contributed by atoms with Gasteiger partial charge >= 0.3 is 6.09 Å². The van der Waals surface area contributed by atoms with Crippen molar-refractivity contribution in [3.8, 4) is 0 Å². The van der Waals surface area contributed by atoms with Crippen molar-refractivity contribution in [2.45, 2.75) is 39.0 Å². The van der Waals surface area contributed by atoms with Gasteiger partial charge in [0, 0.05) is 31.1 Å². The molecule has 1 aromatic carbocycles. The minimum Gasteiger partial charge on any atom is -0.441 e. The zero-order valence-corrected chi connectivity index (χ0v) is 18.9. The fraction of sp³-hybridized carbons (Fsp3) is 0.417. The lowest BCUT2D eigenvalue weighted by atomic mass is 9.88. The number of imidazole rings is 1. The summed E-state index contributed by atoms with van der Waals surface area (Å²) in [6.45, 7) is 7.19. The maximum atomic E-state index is 12.5. The van der Waals surface area contributed by atoms with Gasteiger partial charge in [-0.1, -0.05) is 30.3 Å². The van der Waals surface area contributed by atoms with Crippen molar-refractivity contribution >= 4 is 17.4 Å². The first-order chi connectivity index (χ1) is 15.5. The summed E-state index contributed by atoms with van der Waals surface area (Å²) in [6.07, 6.45) is 0.436. The molecule has 170 valence electrons. The Labute approximate surface area is 187 Å². The molecule has 0 unspecified atom stereocenters. The number of aromatic nitrogens is 2. The van der Waals surface area contributed by atoms with Crippen molar-refractivity contribution in [3.05, 3.63) is 65.1 Å². The Hall–Kier alpha value is -3.10. The lowest BCUT2D eigenvalue weighted by Gasteiger charge is -2.40. The summed E-state index contributed by atoms with van der Waals surface area (Å²) in [5, 5.41) is 6.35. The summed E-state index contributed by atoms with van der Waals surface area (Å²) in [5.41, 5.74) is 5.66. The number of ether oxygens (including phenoxy) is 3. The number of fused-ring (bicyclic) bond motifs is 3. The van der Waals surface area contributed by atoms with Crippen LogP contribution in [0.3, 0.4) is 0 Å². The number of carbonyl (C=O) groups is 1. The molecular weight excluding hydrogens is 408 g/mol. The van der Waals surface area contributed by atoms with Gasteiger partial charge in [0.25, 0.3) is 0 Å². The molecule has 0 aliphatic carbocycles. The second-order valence-electron chi connectivity index (χ2n) is 7.84. The van der Waals surface area contributed by atoms with E-state index in [0.717, 1.165) is 33.8 Å². The van der Waals surface area contributed by atoms with Gasteiger partial charge in [0.2, 0.25) is 0 Å². The van der Waals surface area contributed by atoms with Crippen LogP contribution in [-0.2, 0) is 14.2 Å². The topological polar surface area (TPSA) is 86.1 Å². The molecule has 0 radical (unpaired) electrons. The highest BCUT2D eigenvalue weighted by Crippen LogP contribution is 2.44. The van der Waals surface area contributed by atoms with E-state index < -0.39 is 18.3 Å². The van der Waals surface area contributed by atoms with Crippen LogP contribution in [0.4, 0.5) is 10.5 Å². The second-order valence-corrected chi connectivity index (χ2v) is 7.84. The number of nitrogens with one attached hydrogen (secondary N) is 2. The van der Waals surface area contributed by atoms with Crippen LogP contribution in [0.25, 0.3) is 5.65 Å². The maximum Gasteiger partial charge on any atom is 0.407 e. The summed E-state index contributed by atoms with van der Waals surface area (Å²) >= 11 is 0. The maximum absolute atomic E-state index is 12.5. The molecule has 8 nitrogen and oxygen atoms in total. The van der Waals surface area contributed by atoms with E-state index in [4.69, 9.17) is 19.2 Å². The van der Waals surface area contributed by atoms with Crippen LogP contribution in [0.15, 0.2) is 42.6 Å². The molecule has 3 aromatic rings. The molecule has 1 aliphatic rings. The van der Waals surface area contributed by atoms with Crippen LogP contribution in [0.5, 0.6) is 0 Å². The number of carbonyl (C=O) groups excluding carboxylic acids is 1. The van der Waals surface area contributed by atoms with Crippen LogP contribution < -0.4 is 10.6 Å². The van der Waals surface area contributed by atoms with E-state index in [1.54, 1.807) is 7.11 Å². The van der Waals surface area contributed by atoms with Gasteiger partial charge in [0.15, 0.2) is 11.8 Å². The van der Waals surface area contributed by atoms with Crippen LogP contribution in [0.2, 0.25) is 0 Å². The lowest BCUT2D eigenvalue weighted by Crippen LogP contribution is -2.43. The molecule has 0 saturated heterocycles. The molecule has 1 aliphatic heterocycles. The number of pyridine rings is 1. The van der Waals surface area contributed by atoms with Crippen molar-refractivity contribution in [1.29, 1.82) is 0 Å². The first kappa shape index (κ1) is 22.1. The average molecular weight is 439 g/mol. The van der Waals surface area contributed by atoms with E-state index in [1.165, 1.54) is 0 Å². The van der Waals surface area contributed by atoms with E-state index in [1.807, 2.05) is 63.4 Å². The van der Waals surface area contributed by atoms with Gasteiger partial charge in [0.1, 0.15) is 6.10 Å². The first-order valence-electron chi connectivity index (χ1n) is 10.9. The van der Waals surface area contributed by atoms with Crippen LogP contribution in [0, 0.1) is 13.8 Å². The normalized spacial score (nSPS) is 19.9. The van der Waals surface area contributed by atoms with Gasteiger partial charge in [-0.2, -0.15) is 0 Å². The largest absolute Gasteiger partial charge is 0.441 e. The highest BCUT2D eigenvalue weighted by Gasteiger charge is 2.42. The number of benzene rings is 1. The molecule has 0 saturated carbocycles. The molecule has 0 bridgehead atoms. The SMILES string of the molecule is CCNC(=O)O[C@@H]1[C@@H](c2ccccc2)Nc2c(ccn3c(C)c(C)nc23)[C@@H]1OCCOC. The van der Waals surface area contributed by atoms with E-state index in [0.29, 0.717) is 19.8 Å². The summed E-state index contributed by atoms with van der Waals surface area (Å²) in [7, 11) is 1.63. The van der Waals surface area contributed by atoms with Crippen molar-refractivity contribution < 1.29 is 19.0 Å². The number of hydrogen-bond acceptors (Lipinski definition) is 6. The van der Waals surface area contributed by atoms with Crippen molar-refractivity contribution in [1.82, 2.24) is 14.7 Å². The Balaban J connectivity index is 1.84. The number of anilines is 1. The van der Waals surface area contributed by atoms with Crippen molar-refractivity contribution in [2.75, 3.05) is 32.2 Å². The lowest BCUT2D eigenvalue weighted by molar-refractivity contribution is -0.0681. The molecule has 8 heteroatoms. The number of rotatable bonds is 7. The molecule has 0 fully saturated rings. The smallest absolute Gasteiger partial charge is 0.407 e. The average Bonchev–Trinajstić information content (AvgIpc) is 3.09. The number of nitrogens with zero attached hydrogens (tertiary/aromatic N) is 2. The Morgan fingerprint density at radius 1 is 1.19 bits per heavy atom. The number of hydrogen-bond donors (Lipinski definition) is 2. The van der Waals surface area contributed by atoms with Gasteiger partial charge in [0.05, 0.1) is 30.6 Å². The molecule has 3 heterocycles. The highest BCUT2D eigenvalue weighted by molar-refractivity contribution is 5.76. The van der Waals surface area contributed by atoms with Crippen molar-refractivity contribution in [3.63, 3.8) is 0 Å². The minimum atomic E-state index is -0.590. The Kier molecular flexibility index (Phi) is 6.62. The Bertz CT molecular complexity index is 1080. The molecule has 4 rings (SSSR count). The third-order valence-electron chi connectivity index (χ3n) is 5.84. The fourth-order valence-corrected chi connectivity index (χ4v) is 4.14. The van der Waals surface area contributed by atoms with Gasteiger partial charge < -0.3 is 29.2 Å². The zero-order chi connectivity index (χ0) is 22.7. The fourth-order valence-electron chi connectivity index (χ4n) is 4.14. The number of aryl methyl sites for hydroxylation is 2. The van der Waals surface area contributed by atoms with Gasteiger partial charge in [-0.05, 0) is 32.4 Å². The third kappa shape index (κ3) is 4.16. The van der Waals surface area contributed by atoms with E-state index in [-0.39, 0.29) is 6.04 Å². The van der Waals surface area contributed by atoms with Crippen LogP contribution >= 0.6 is 0 Å². The molecule has 0 spiro atoms. The standard InChI is InChI=1S/C24H30N4O4/c1-5-25-24(29)32-22-19(17-9-7-6-8-10-17)27-20-18(21(22)31-14-13-30-4)11-12-28-16(3)15(2)26-23(20)28/h6-12,19,21-22,27H,5,13-14H2,1-4H3,(H,25,29)/t19-,21+,22-/m1/s1. The van der Waals surface area contributed by atoms with E-state index >= 15 is 0 Å². The number of methoxy groups -OCH3 is 1. The van der Waals surface area contributed by atoms with E-state index in [2.05, 4.69) is 15.0 Å². The molecule has 2 N–H and O–H groups in total. The summed E-state index contributed by atoms with van der Waals surface area (Å²) in [6, 6.07) is 11.6. The number of alkyl carbamates (subject to hydrolysis) is 1. The van der Waals surface area contributed by atoms with Gasteiger partial charge in [-0.15, -0.1) is 0 Å². The summed E-state index contributed by atoms with van der Waals surface area (Å²) < 4.78 is 19.5. The minimum absolute atomic E-state index is 0.317. The Morgan fingerprint density at radius 2 is 1.97 bits per heavy atom. The van der Waals surface area contributed by atoms with Crippen LogP contribution in [0.1, 0.15) is 41.6 Å². The van der Waals surface area contributed by atoms with E-state index in [9.17, 15) is 4.79 Å². The predicted molar refractivity (Wildman–Crippen MR) is 122 cm³/mol. The second kappa shape index (κ2) is 9.58. The Morgan fingerprint density at radius 3 is 2.69 bits per heavy atom. The molecule has 3 atom stereocenters. The third-order valence-corrected chi connectivity index (χ3v) is 5.84. The summed E-state index contributed by atoms with van der Waals surface area (Å²) in [4.78, 5) is 17.3. The zero-order valence-electron chi connectivity index (χ0n) is 18.9. The molecule has 32 heavy (non-hydrogen) atoms. The first-order valence-corrected chi connectivity index (χ1v) is 10.9. The van der Waals surface area contributed by atoms with Crippen molar-refractivity contribution in [2.24, 2.45) is 0 Å². The quantitative estimate of drug-likeness (QED) is 0.544. The number of amides is 1. The predicted octanol–water partition coefficient (Wildman–Crippen LogP) is 3.94. The molecule has 1 amide bonds. The molecule has 2 aromatic heterocycles. The monoisotopic (exact) mass is 438 g/mol. The highest BCUT2D eigenvalue weighted by atomic mass is 16.6. The summed E-state index contributed by atoms with van der Waals surface area (Å²) in [5.74, 6) is 0. The van der Waals surface area contributed by atoms with Gasteiger partial charge in [-0.3, -0.25) is 0 Å².